The molecular formula is C10H10ClN3O3. The molecule has 0 radical (unpaired) electrons. The monoisotopic (exact) mass is 255 g/mol. The van der Waals surface area contributed by atoms with Crippen molar-refractivity contribution in [3.63, 3.8) is 0 Å². The number of hydrogen-bond donors (Lipinski definition) is 1. The number of ketones is 1. The van der Waals surface area contributed by atoms with Gasteiger partial charge in [-0.3, -0.25) is 9.59 Å². The Morgan fingerprint density at radius 3 is 3.18 bits per heavy atom. The molecule has 0 aliphatic carbocycles. The van der Waals surface area contributed by atoms with Crippen LogP contribution in [-0.2, 0) is 9.53 Å². The van der Waals surface area contributed by atoms with Crippen molar-refractivity contribution < 1.29 is 14.3 Å². The van der Waals surface area contributed by atoms with Crippen LogP contribution in [-0.4, -0.2) is 34.9 Å². The molecule has 1 aliphatic heterocycles. The molecule has 2 heterocycles. The maximum absolute atomic E-state index is 12.0. The van der Waals surface area contributed by atoms with Crippen LogP contribution in [0.3, 0.4) is 0 Å². The summed E-state index contributed by atoms with van der Waals surface area (Å²) in [6.45, 7) is 2.10. The average Bonchev–Trinajstić information content (AvgIpc) is 2.29. The third kappa shape index (κ3) is 2.21. The number of nitrogens with zero attached hydrogens (tertiary/aromatic N) is 2. The van der Waals surface area contributed by atoms with Gasteiger partial charge in [-0.2, -0.15) is 0 Å². The lowest BCUT2D eigenvalue weighted by atomic mass is 9.95. The molecule has 1 atom stereocenters. The van der Waals surface area contributed by atoms with Crippen LogP contribution in [0.15, 0.2) is 6.20 Å². The van der Waals surface area contributed by atoms with E-state index < -0.39 is 11.9 Å². The van der Waals surface area contributed by atoms with E-state index in [1.165, 1.54) is 6.20 Å². The van der Waals surface area contributed by atoms with Crippen molar-refractivity contribution in [1.82, 2.24) is 9.97 Å². The average molecular weight is 256 g/mol. The quantitative estimate of drug-likeness (QED) is 0.481. The van der Waals surface area contributed by atoms with Crippen LogP contribution in [0.1, 0.15) is 17.3 Å². The minimum atomic E-state index is -0.841. The molecule has 1 aromatic heterocycles. The second kappa shape index (κ2) is 4.67. The number of halogens is 1. The van der Waals surface area contributed by atoms with Gasteiger partial charge in [-0.05, 0) is 18.5 Å². The number of aromatic nitrogens is 2. The van der Waals surface area contributed by atoms with Crippen LogP contribution >= 0.6 is 11.6 Å². The van der Waals surface area contributed by atoms with Crippen molar-refractivity contribution in [2.24, 2.45) is 5.92 Å². The molecule has 0 spiro atoms. The smallest absolute Gasteiger partial charge is 0.318 e. The number of anilines is 1. The summed E-state index contributed by atoms with van der Waals surface area (Å²) in [6.07, 6.45) is 1.31. The van der Waals surface area contributed by atoms with Crippen molar-refractivity contribution in [1.29, 1.82) is 0 Å². The molecule has 1 aromatic rings. The molecule has 0 saturated carbocycles. The first-order valence-corrected chi connectivity index (χ1v) is 5.48. The van der Waals surface area contributed by atoms with Gasteiger partial charge in [-0.15, -0.1) is 0 Å². The summed E-state index contributed by atoms with van der Waals surface area (Å²) in [5, 5.41) is 2.92. The third-order valence-electron chi connectivity index (χ3n) is 2.39. The van der Waals surface area contributed by atoms with E-state index in [1.807, 2.05) is 0 Å². The minimum absolute atomic E-state index is 0.0543. The van der Waals surface area contributed by atoms with Crippen LogP contribution in [0.4, 0.5) is 5.82 Å². The van der Waals surface area contributed by atoms with E-state index in [2.05, 4.69) is 15.3 Å². The van der Waals surface area contributed by atoms with Crippen molar-refractivity contribution in [3.05, 3.63) is 17.0 Å². The van der Waals surface area contributed by atoms with Gasteiger partial charge in [0.1, 0.15) is 11.7 Å². The summed E-state index contributed by atoms with van der Waals surface area (Å²) in [6, 6.07) is 0. The van der Waals surface area contributed by atoms with Crippen molar-refractivity contribution in [2.75, 3.05) is 18.5 Å². The number of carbonyl (C=O) groups is 2. The van der Waals surface area contributed by atoms with E-state index in [1.54, 1.807) is 6.92 Å². The number of hydrogen-bond acceptors (Lipinski definition) is 6. The highest BCUT2D eigenvalue weighted by atomic mass is 35.5. The maximum Gasteiger partial charge on any atom is 0.318 e. The Kier molecular flexibility index (Phi) is 3.23. The van der Waals surface area contributed by atoms with Gasteiger partial charge >= 0.3 is 5.97 Å². The zero-order valence-electron chi connectivity index (χ0n) is 9.07. The molecule has 17 heavy (non-hydrogen) atoms. The first-order chi connectivity index (χ1) is 8.13. The van der Waals surface area contributed by atoms with E-state index in [-0.39, 0.29) is 29.8 Å². The molecule has 1 N–H and O–H groups in total. The maximum atomic E-state index is 12.0. The highest BCUT2D eigenvalue weighted by Gasteiger charge is 2.34. The Balaban J connectivity index is 2.27. The number of carbonyl (C=O) groups excluding carboxylic acids is 2. The summed E-state index contributed by atoms with van der Waals surface area (Å²) in [7, 11) is 0. The zero-order valence-corrected chi connectivity index (χ0v) is 9.82. The molecule has 0 fully saturated rings. The summed E-state index contributed by atoms with van der Waals surface area (Å²) < 4.78 is 4.82. The Hall–Kier alpha value is -1.69. The summed E-state index contributed by atoms with van der Waals surface area (Å²) in [5.74, 6) is -1.36. The number of Topliss-reactive ketones (excluding diaryl/α,β-unsaturated/α-hetero) is 1. The SMILES string of the molecule is CCOC(=O)C1CNc2nc(Cl)ncc2C1=O. The fourth-order valence-corrected chi connectivity index (χ4v) is 1.72. The van der Waals surface area contributed by atoms with Gasteiger partial charge in [0.15, 0.2) is 5.78 Å². The Labute approximate surface area is 102 Å². The normalized spacial score (nSPS) is 18.2. The predicted molar refractivity (Wildman–Crippen MR) is 60.0 cm³/mol. The van der Waals surface area contributed by atoms with Crippen molar-refractivity contribution in [3.8, 4) is 0 Å². The van der Waals surface area contributed by atoms with E-state index in [0.29, 0.717) is 5.82 Å². The van der Waals surface area contributed by atoms with E-state index in [9.17, 15) is 9.59 Å². The number of fused-ring (bicyclic) bond motifs is 1. The number of nitrogens with one attached hydrogen (secondary N) is 1. The number of rotatable bonds is 2. The molecule has 2 rings (SSSR count). The van der Waals surface area contributed by atoms with Crippen molar-refractivity contribution in [2.45, 2.75) is 6.92 Å². The highest BCUT2D eigenvalue weighted by molar-refractivity contribution is 6.28. The van der Waals surface area contributed by atoms with Gasteiger partial charge in [-0.1, -0.05) is 0 Å². The topological polar surface area (TPSA) is 81.2 Å². The second-order valence-electron chi connectivity index (χ2n) is 3.45. The molecule has 0 bridgehead atoms. The molecular weight excluding hydrogens is 246 g/mol. The Morgan fingerprint density at radius 1 is 1.71 bits per heavy atom. The fraction of sp³-hybridized carbons (Fsp3) is 0.400. The van der Waals surface area contributed by atoms with E-state index >= 15 is 0 Å². The van der Waals surface area contributed by atoms with Crippen LogP contribution in [0.2, 0.25) is 5.28 Å². The van der Waals surface area contributed by atoms with Crippen LogP contribution in [0, 0.1) is 5.92 Å². The lowest BCUT2D eigenvalue weighted by Gasteiger charge is -2.22. The van der Waals surface area contributed by atoms with Gasteiger partial charge in [-0.25, -0.2) is 9.97 Å². The van der Waals surface area contributed by atoms with E-state index in [0.717, 1.165) is 0 Å². The molecule has 1 unspecified atom stereocenters. The lowest BCUT2D eigenvalue weighted by Crippen LogP contribution is -2.37. The first-order valence-electron chi connectivity index (χ1n) is 5.10. The molecule has 0 amide bonds. The summed E-state index contributed by atoms with van der Waals surface area (Å²) in [5.41, 5.74) is 0.263. The van der Waals surface area contributed by atoms with Gasteiger partial charge in [0.25, 0.3) is 0 Å². The van der Waals surface area contributed by atoms with Gasteiger partial charge in [0.05, 0.1) is 12.2 Å². The predicted octanol–water partition coefficient (Wildman–Crippen LogP) is 0.917. The molecule has 7 heteroatoms. The van der Waals surface area contributed by atoms with Crippen LogP contribution < -0.4 is 5.32 Å². The molecule has 1 aliphatic rings. The van der Waals surface area contributed by atoms with Gasteiger partial charge in [0, 0.05) is 12.7 Å². The largest absolute Gasteiger partial charge is 0.465 e. The van der Waals surface area contributed by atoms with E-state index in [4.69, 9.17) is 16.3 Å². The standard InChI is InChI=1S/C10H10ClN3O3/c1-2-17-9(16)6-4-12-8-5(7(6)15)3-13-10(11)14-8/h3,6H,2,4H2,1H3,(H,12,13,14). The summed E-state index contributed by atoms with van der Waals surface area (Å²) >= 11 is 5.61. The number of esters is 1. The molecule has 90 valence electrons. The Bertz CT molecular complexity index is 478. The third-order valence-corrected chi connectivity index (χ3v) is 2.57. The highest BCUT2D eigenvalue weighted by Crippen LogP contribution is 2.23. The number of ether oxygens (including phenoxy) is 1. The lowest BCUT2D eigenvalue weighted by molar-refractivity contribution is -0.145. The van der Waals surface area contributed by atoms with Crippen LogP contribution in [0.25, 0.3) is 0 Å². The van der Waals surface area contributed by atoms with Crippen LogP contribution in [0.5, 0.6) is 0 Å². The first kappa shape index (κ1) is 11.8. The molecule has 6 nitrogen and oxygen atoms in total. The summed E-state index contributed by atoms with van der Waals surface area (Å²) in [4.78, 5) is 31.1. The second-order valence-corrected chi connectivity index (χ2v) is 3.79. The minimum Gasteiger partial charge on any atom is -0.465 e. The van der Waals surface area contributed by atoms with Crippen molar-refractivity contribution >= 4 is 29.2 Å². The zero-order chi connectivity index (χ0) is 12.4. The fourth-order valence-electron chi connectivity index (χ4n) is 1.59. The molecule has 0 aromatic carbocycles. The molecule has 0 saturated heterocycles. The Morgan fingerprint density at radius 2 is 2.47 bits per heavy atom. The van der Waals surface area contributed by atoms with Gasteiger partial charge in [0.2, 0.25) is 5.28 Å². The van der Waals surface area contributed by atoms with Gasteiger partial charge < -0.3 is 10.1 Å².